The van der Waals surface area contributed by atoms with Crippen LogP contribution in [-0.4, -0.2) is 26.6 Å². The van der Waals surface area contributed by atoms with Gasteiger partial charge in [-0.05, 0) is 50.5 Å². The molecule has 4 rings (SSSR count). The van der Waals surface area contributed by atoms with Gasteiger partial charge in [0.15, 0.2) is 0 Å². The maximum absolute atomic E-state index is 11.3. The SMILES string of the molecule is Cc1nc(C)c(C(C)(O)c2ccc3c(c2)N(c2ccnc(N)n2)CC3)s1. The number of nitrogens with zero attached hydrogens (tertiary/aromatic N) is 4. The summed E-state index contributed by atoms with van der Waals surface area (Å²) >= 11 is 1.54. The fraction of sp³-hybridized carbons (Fsp3) is 0.316. The Morgan fingerprint density at radius 1 is 1.23 bits per heavy atom. The number of fused-ring (bicyclic) bond motifs is 1. The van der Waals surface area contributed by atoms with Gasteiger partial charge in [-0.15, -0.1) is 11.3 Å². The van der Waals surface area contributed by atoms with Crippen LogP contribution in [0, 0.1) is 13.8 Å². The van der Waals surface area contributed by atoms with Crippen LogP contribution in [0.15, 0.2) is 30.5 Å². The highest BCUT2D eigenvalue weighted by Gasteiger charge is 2.32. The molecule has 1 unspecified atom stereocenters. The zero-order chi connectivity index (χ0) is 18.5. The van der Waals surface area contributed by atoms with E-state index in [0.717, 1.165) is 45.6 Å². The highest BCUT2D eigenvalue weighted by atomic mass is 32.1. The van der Waals surface area contributed by atoms with Gasteiger partial charge in [-0.1, -0.05) is 12.1 Å². The van der Waals surface area contributed by atoms with Gasteiger partial charge in [0, 0.05) is 18.4 Å². The fourth-order valence-corrected chi connectivity index (χ4v) is 4.54. The molecule has 7 heteroatoms. The molecule has 0 saturated carbocycles. The van der Waals surface area contributed by atoms with E-state index in [1.54, 1.807) is 6.20 Å². The zero-order valence-electron chi connectivity index (χ0n) is 15.0. The Hall–Kier alpha value is -2.51. The highest BCUT2D eigenvalue weighted by molar-refractivity contribution is 7.11. The van der Waals surface area contributed by atoms with E-state index in [4.69, 9.17) is 5.73 Å². The molecule has 1 aliphatic heterocycles. The second-order valence-corrected chi connectivity index (χ2v) is 7.94. The molecule has 1 aromatic carbocycles. The summed E-state index contributed by atoms with van der Waals surface area (Å²) in [5, 5.41) is 12.2. The van der Waals surface area contributed by atoms with E-state index in [2.05, 4.69) is 32.0 Å². The number of hydrogen-bond donors (Lipinski definition) is 2. The molecule has 0 bridgehead atoms. The number of thiazole rings is 1. The molecule has 26 heavy (non-hydrogen) atoms. The third-order valence-corrected chi connectivity index (χ3v) is 6.11. The van der Waals surface area contributed by atoms with Gasteiger partial charge in [-0.25, -0.2) is 9.97 Å². The molecule has 3 aromatic rings. The Labute approximate surface area is 156 Å². The summed E-state index contributed by atoms with van der Waals surface area (Å²) in [5.41, 5.74) is 8.66. The summed E-state index contributed by atoms with van der Waals surface area (Å²) in [5.74, 6) is 1.03. The lowest BCUT2D eigenvalue weighted by atomic mass is 9.92. The molecule has 0 amide bonds. The van der Waals surface area contributed by atoms with Crippen molar-refractivity contribution in [1.29, 1.82) is 0 Å². The van der Waals surface area contributed by atoms with Crippen LogP contribution in [-0.2, 0) is 12.0 Å². The van der Waals surface area contributed by atoms with Gasteiger partial charge in [0.05, 0.1) is 15.6 Å². The first kappa shape index (κ1) is 16.9. The maximum atomic E-state index is 11.3. The van der Waals surface area contributed by atoms with Crippen molar-refractivity contribution in [3.8, 4) is 0 Å². The van der Waals surface area contributed by atoms with Crippen LogP contribution in [0.2, 0.25) is 0 Å². The molecule has 2 aromatic heterocycles. The van der Waals surface area contributed by atoms with E-state index in [-0.39, 0.29) is 5.95 Å². The van der Waals surface area contributed by atoms with E-state index in [0.29, 0.717) is 0 Å². The highest BCUT2D eigenvalue weighted by Crippen LogP contribution is 2.40. The van der Waals surface area contributed by atoms with Crippen molar-refractivity contribution in [3.63, 3.8) is 0 Å². The maximum Gasteiger partial charge on any atom is 0.221 e. The number of aryl methyl sites for hydroxylation is 2. The molecule has 0 spiro atoms. The Balaban J connectivity index is 1.77. The quantitative estimate of drug-likeness (QED) is 0.740. The van der Waals surface area contributed by atoms with Crippen LogP contribution >= 0.6 is 11.3 Å². The van der Waals surface area contributed by atoms with Crippen LogP contribution in [0.4, 0.5) is 17.5 Å². The lowest BCUT2D eigenvalue weighted by Gasteiger charge is -2.25. The van der Waals surface area contributed by atoms with Crippen molar-refractivity contribution in [2.45, 2.75) is 32.8 Å². The standard InChI is InChI=1S/C19H21N5OS/c1-11-17(26-12(2)22-11)19(3,25)14-5-4-13-7-9-24(15(13)10-14)16-6-8-21-18(20)23-16/h4-6,8,10,25H,7,9H2,1-3H3,(H2,20,21,23). The van der Waals surface area contributed by atoms with Crippen LogP contribution in [0.3, 0.4) is 0 Å². The van der Waals surface area contributed by atoms with Gasteiger partial charge in [0.25, 0.3) is 0 Å². The van der Waals surface area contributed by atoms with E-state index >= 15 is 0 Å². The van der Waals surface area contributed by atoms with Gasteiger partial charge >= 0.3 is 0 Å². The Kier molecular flexibility index (Phi) is 3.93. The lowest BCUT2D eigenvalue weighted by molar-refractivity contribution is 0.105. The molecule has 134 valence electrons. The molecule has 3 N–H and O–H groups in total. The van der Waals surface area contributed by atoms with E-state index in [1.165, 1.54) is 16.9 Å². The van der Waals surface area contributed by atoms with Gasteiger partial charge in [0.1, 0.15) is 11.4 Å². The molecule has 1 atom stereocenters. The Morgan fingerprint density at radius 2 is 2.04 bits per heavy atom. The van der Waals surface area contributed by atoms with Crippen LogP contribution < -0.4 is 10.6 Å². The van der Waals surface area contributed by atoms with E-state index in [9.17, 15) is 5.11 Å². The average Bonchev–Trinajstić information content (AvgIpc) is 3.17. The van der Waals surface area contributed by atoms with Crippen molar-refractivity contribution in [1.82, 2.24) is 15.0 Å². The number of nitrogen functional groups attached to an aromatic ring is 1. The topological polar surface area (TPSA) is 88.2 Å². The van der Waals surface area contributed by atoms with Gasteiger partial charge in [0.2, 0.25) is 5.95 Å². The monoisotopic (exact) mass is 367 g/mol. The normalized spacial score (nSPS) is 15.8. The first-order valence-corrected chi connectivity index (χ1v) is 9.34. The zero-order valence-corrected chi connectivity index (χ0v) is 15.8. The van der Waals surface area contributed by atoms with Gasteiger partial charge in [-0.2, -0.15) is 4.98 Å². The second kappa shape index (κ2) is 6.03. The minimum Gasteiger partial charge on any atom is -0.380 e. The molecular formula is C19H21N5OS. The molecule has 0 saturated heterocycles. The fourth-order valence-electron chi connectivity index (χ4n) is 3.55. The van der Waals surface area contributed by atoms with Crippen molar-refractivity contribution in [2.24, 2.45) is 0 Å². The number of benzene rings is 1. The van der Waals surface area contributed by atoms with E-state index < -0.39 is 5.60 Å². The molecule has 6 nitrogen and oxygen atoms in total. The second-order valence-electron chi connectivity index (χ2n) is 6.74. The van der Waals surface area contributed by atoms with Crippen LogP contribution in [0.1, 0.15) is 33.6 Å². The molecule has 1 aliphatic rings. The molecule has 3 heterocycles. The van der Waals surface area contributed by atoms with Gasteiger partial charge in [-0.3, -0.25) is 0 Å². The van der Waals surface area contributed by atoms with Crippen LogP contribution in [0.5, 0.6) is 0 Å². The van der Waals surface area contributed by atoms with Crippen molar-refractivity contribution < 1.29 is 5.11 Å². The molecule has 0 radical (unpaired) electrons. The minimum atomic E-state index is -1.09. The largest absolute Gasteiger partial charge is 0.380 e. The third-order valence-electron chi connectivity index (χ3n) is 4.82. The van der Waals surface area contributed by atoms with E-state index in [1.807, 2.05) is 32.9 Å². The number of rotatable bonds is 3. The summed E-state index contributed by atoms with van der Waals surface area (Å²) in [6, 6.07) is 8.00. The molecular weight excluding hydrogens is 346 g/mol. The smallest absolute Gasteiger partial charge is 0.221 e. The summed E-state index contributed by atoms with van der Waals surface area (Å²) in [4.78, 5) is 15.8. The predicted octanol–water partition coefficient (Wildman–Crippen LogP) is 3.08. The van der Waals surface area contributed by atoms with Gasteiger partial charge < -0.3 is 15.7 Å². The number of aromatic nitrogens is 3. The summed E-state index contributed by atoms with van der Waals surface area (Å²) in [6.07, 6.45) is 2.60. The van der Waals surface area contributed by atoms with Crippen LogP contribution in [0.25, 0.3) is 0 Å². The molecule has 0 aliphatic carbocycles. The number of anilines is 3. The average molecular weight is 367 g/mol. The van der Waals surface area contributed by atoms with Crippen molar-refractivity contribution in [2.75, 3.05) is 17.2 Å². The Bertz CT molecular complexity index is 982. The van der Waals surface area contributed by atoms with Crippen molar-refractivity contribution in [3.05, 3.63) is 57.2 Å². The first-order valence-electron chi connectivity index (χ1n) is 8.52. The summed E-state index contributed by atoms with van der Waals surface area (Å²) in [6.45, 7) is 6.56. The van der Waals surface area contributed by atoms with Crippen molar-refractivity contribution >= 4 is 28.8 Å². The molecule has 0 fully saturated rings. The predicted molar refractivity (Wildman–Crippen MR) is 104 cm³/mol. The Morgan fingerprint density at radius 3 is 2.73 bits per heavy atom. The number of hydrogen-bond acceptors (Lipinski definition) is 7. The first-order chi connectivity index (χ1) is 12.4. The third kappa shape index (κ3) is 2.73. The summed E-state index contributed by atoms with van der Waals surface area (Å²) < 4.78 is 0. The lowest BCUT2D eigenvalue weighted by Crippen LogP contribution is -2.23. The number of aliphatic hydroxyl groups is 1. The minimum absolute atomic E-state index is 0.259. The number of nitrogens with two attached hydrogens (primary N) is 1. The summed E-state index contributed by atoms with van der Waals surface area (Å²) in [7, 11) is 0.